The van der Waals surface area contributed by atoms with Crippen molar-refractivity contribution in [3.63, 3.8) is 0 Å². The Bertz CT molecular complexity index is 713. The second kappa shape index (κ2) is 9.21. The standard InChI is InChI=1S/C25H39NO4/c1-10-19-11-13-20(14-12-19)22(17-28-23(3,4)5)30-26-24(6,7)15-21(29-18(2)27)16-25(26,8)9/h10-14,21-22H,1,15-17H2,2-9H3. The molecular weight excluding hydrogens is 378 g/mol. The molecule has 0 saturated carbocycles. The maximum Gasteiger partial charge on any atom is 0.302 e. The number of carbonyl (C=O) groups is 1. The van der Waals surface area contributed by atoms with E-state index >= 15 is 0 Å². The van der Waals surface area contributed by atoms with E-state index in [1.54, 1.807) is 0 Å². The van der Waals surface area contributed by atoms with Crippen LogP contribution in [0, 0.1) is 0 Å². The van der Waals surface area contributed by atoms with Crippen LogP contribution in [-0.4, -0.2) is 40.4 Å². The Morgan fingerprint density at radius 1 is 1.17 bits per heavy atom. The van der Waals surface area contributed by atoms with Crippen LogP contribution in [0.15, 0.2) is 30.8 Å². The van der Waals surface area contributed by atoms with Crippen LogP contribution in [0.3, 0.4) is 0 Å². The molecule has 5 nitrogen and oxygen atoms in total. The zero-order valence-corrected chi connectivity index (χ0v) is 20.0. The normalized spacial score (nSPS) is 20.5. The first-order chi connectivity index (χ1) is 13.7. The molecule has 1 unspecified atom stereocenters. The summed E-state index contributed by atoms with van der Waals surface area (Å²) in [5.41, 5.74) is 1.22. The van der Waals surface area contributed by atoms with Gasteiger partial charge < -0.3 is 9.47 Å². The maximum absolute atomic E-state index is 11.5. The van der Waals surface area contributed by atoms with Gasteiger partial charge in [-0.05, 0) is 59.6 Å². The predicted molar refractivity (Wildman–Crippen MR) is 121 cm³/mol. The molecule has 1 fully saturated rings. The van der Waals surface area contributed by atoms with Crippen molar-refractivity contribution in [2.24, 2.45) is 0 Å². The topological polar surface area (TPSA) is 48.0 Å². The molecule has 0 amide bonds. The molecule has 1 saturated heterocycles. The summed E-state index contributed by atoms with van der Waals surface area (Å²) in [6, 6.07) is 8.22. The Balaban J connectivity index is 2.29. The van der Waals surface area contributed by atoms with Crippen LogP contribution in [0.1, 0.15) is 85.5 Å². The van der Waals surface area contributed by atoms with E-state index in [0.29, 0.717) is 19.4 Å². The number of hydroxylamine groups is 2. The molecule has 1 atom stereocenters. The van der Waals surface area contributed by atoms with E-state index in [1.807, 2.05) is 39.0 Å². The molecule has 2 rings (SSSR count). The van der Waals surface area contributed by atoms with Crippen molar-refractivity contribution in [3.8, 4) is 0 Å². The fourth-order valence-electron chi connectivity index (χ4n) is 4.26. The van der Waals surface area contributed by atoms with Crippen LogP contribution in [-0.2, 0) is 19.1 Å². The average molecular weight is 418 g/mol. The summed E-state index contributed by atoms with van der Waals surface area (Å²) in [5.74, 6) is -0.236. The molecule has 1 aliphatic heterocycles. The van der Waals surface area contributed by atoms with Crippen LogP contribution >= 0.6 is 0 Å². The molecule has 0 bridgehead atoms. The molecular formula is C25H39NO4. The predicted octanol–water partition coefficient (Wildman–Crippen LogP) is 5.70. The van der Waals surface area contributed by atoms with Gasteiger partial charge in [-0.1, -0.05) is 36.9 Å². The van der Waals surface area contributed by atoms with Gasteiger partial charge in [0.15, 0.2) is 0 Å². The highest BCUT2D eigenvalue weighted by molar-refractivity contribution is 5.66. The number of rotatable bonds is 7. The van der Waals surface area contributed by atoms with E-state index in [0.717, 1.165) is 11.1 Å². The van der Waals surface area contributed by atoms with Gasteiger partial charge in [0.25, 0.3) is 0 Å². The van der Waals surface area contributed by atoms with Crippen LogP contribution in [0.5, 0.6) is 0 Å². The van der Waals surface area contributed by atoms with E-state index in [2.05, 4.69) is 51.5 Å². The minimum Gasteiger partial charge on any atom is -0.462 e. The number of piperidine rings is 1. The van der Waals surface area contributed by atoms with Crippen LogP contribution in [0.2, 0.25) is 0 Å². The summed E-state index contributed by atoms with van der Waals surface area (Å²) >= 11 is 0. The highest BCUT2D eigenvalue weighted by Gasteiger charge is 2.48. The van der Waals surface area contributed by atoms with Crippen molar-refractivity contribution in [2.45, 2.75) is 97.1 Å². The smallest absolute Gasteiger partial charge is 0.302 e. The maximum atomic E-state index is 11.5. The van der Waals surface area contributed by atoms with Crippen LogP contribution < -0.4 is 0 Å². The fourth-order valence-corrected chi connectivity index (χ4v) is 4.26. The summed E-state index contributed by atoms with van der Waals surface area (Å²) in [6.07, 6.45) is 2.86. The van der Waals surface area contributed by atoms with Crippen LogP contribution in [0.4, 0.5) is 0 Å². The van der Waals surface area contributed by atoms with E-state index in [9.17, 15) is 4.79 Å². The van der Waals surface area contributed by atoms with Gasteiger partial charge >= 0.3 is 5.97 Å². The van der Waals surface area contributed by atoms with Gasteiger partial charge in [0.05, 0.1) is 12.2 Å². The molecule has 168 valence electrons. The minimum absolute atomic E-state index is 0.122. The van der Waals surface area contributed by atoms with Crippen molar-refractivity contribution in [3.05, 3.63) is 42.0 Å². The van der Waals surface area contributed by atoms with Gasteiger partial charge in [0.1, 0.15) is 12.2 Å². The fraction of sp³-hybridized carbons (Fsp3) is 0.640. The van der Waals surface area contributed by atoms with Gasteiger partial charge in [0.2, 0.25) is 0 Å². The molecule has 0 aromatic heterocycles. The summed E-state index contributed by atoms with van der Waals surface area (Å²) < 4.78 is 11.7. The van der Waals surface area contributed by atoms with Crippen molar-refractivity contribution in [1.29, 1.82) is 0 Å². The number of carbonyl (C=O) groups excluding carboxylic acids is 1. The zero-order valence-electron chi connectivity index (χ0n) is 20.0. The monoisotopic (exact) mass is 417 g/mol. The molecule has 0 radical (unpaired) electrons. The summed E-state index contributed by atoms with van der Waals surface area (Å²) in [6.45, 7) is 20.4. The lowest BCUT2D eigenvalue weighted by atomic mass is 9.80. The number of esters is 1. The molecule has 0 N–H and O–H groups in total. The quantitative estimate of drug-likeness (QED) is 0.533. The zero-order chi connectivity index (χ0) is 22.7. The van der Waals surface area contributed by atoms with Gasteiger partial charge in [0, 0.05) is 30.8 Å². The van der Waals surface area contributed by atoms with Crippen LogP contribution in [0.25, 0.3) is 6.08 Å². The molecule has 1 aromatic carbocycles. The number of benzene rings is 1. The van der Waals surface area contributed by atoms with E-state index in [4.69, 9.17) is 14.3 Å². The molecule has 1 heterocycles. The summed E-state index contributed by atoms with van der Waals surface area (Å²) in [4.78, 5) is 18.2. The summed E-state index contributed by atoms with van der Waals surface area (Å²) in [5, 5.41) is 2.08. The number of nitrogens with zero attached hydrogens (tertiary/aromatic N) is 1. The largest absolute Gasteiger partial charge is 0.462 e. The lowest BCUT2D eigenvalue weighted by Gasteiger charge is -2.54. The first kappa shape index (κ1) is 24.6. The second-order valence-electron chi connectivity index (χ2n) is 10.4. The SMILES string of the molecule is C=Cc1ccc(C(COC(C)(C)C)ON2C(C)(C)CC(OC(C)=O)CC2(C)C)cc1. The van der Waals surface area contributed by atoms with Gasteiger partial charge in [-0.25, -0.2) is 0 Å². The lowest BCUT2D eigenvalue weighted by Crippen LogP contribution is -2.62. The first-order valence-electron chi connectivity index (χ1n) is 10.7. The van der Waals surface area contributed by atoms with Gasteiger partial charge in [-0.2, -0.15) is 5.06 Å². The summed E-state index contributed by atoms with van der Waals surface area (Å²) in [7, 11) is 0. The van der Waals surface area contributed by atoms with E-state index in [1.165, 1.54) is 6.92 Å². The molecule has 1 aromatic rings. The average Bonchev–Trinajstić information content (AvgIpc) is 2.58. The molecule has 0 aliphatic carbocycles. The molecule has 30 heavy (non-hydrogen) atoms. The first-order valence-corrected chi connectivity index (χ1v) is 10.7. The molecule has 5 heteroatoms. The third kappa shape index (κ3) is 6.66. The van der Waals surface area contributed by atoms with E-state index in [-0.39, 0.29) is 34.9 Å². The Morgan fingerprint density at radius 3 is 2.13 bits per heavy atom. The number of hydrogen-bond acceptors (Lipinski definition) is 5. The lowest BCUT2D eigenvalue weighted by molar-refractivity contribution is -0.324. The highest BCUT2D eigenvalue weighted by atomic mass is 16.7. The molecule has 1 aliphatic rings. The Morgan fingerprint density at radius 2 is 1.70 bits per heavy atom. The second-order valence-corrected chi connectivity index (χ2v) is 10.4. The number of hydrogen-bond donors (Lipinski definition) is 0. The Hall–Kier alpha value is -1.69. The van der Waals surface area contributed by atoms with Crippen molar-refractivity contribution >= 4 is 12.0 Å². The highest BCUT2D eigenvalue weighted by Crippen LogP contribution is 2.42. The number of ether oxygens (including phenoxy) is 2. The van der Waals surface area contributed by atoms with E-state index < -0.39 is 0 Å². The van der Waals surface area contributed by atoms with Crippen molar-refractivity contribution < 1.29 is 19.1 Å². The Labute approximate surface area is 182 Å². The Kier molecular flexibility index (Phi) is 7.54. The third-order valence-corrected chi connectivity index (χ3v) is 5.33. The van der Waals surface area contributed by atoms with Gasteiger partial charge in [-0.3, -0.25) is 9.63 Å². The minimum atomic E-state index is -0.317. The van der Waals surface area contributed by atoms with Crippen molar-refractivity contribution in [2.75, 3.05) is 6.61 Å². The third-order valence-electron chi connectivity index (χ3n) is 5.33. The van der Waals surface area contributed by atoms with Crippen molar-refractivity contribution in [1.82, 2.24) is 5.06 Å². The molecule has 0 spiro atoms. The van der Waals surface area contributed by atoms with Gasteiger partial charge in [-0.15, -0.1) is 0 Å².